The van der Waals surface area contributed by atoms with Gasteiger partial charge >= 0.3 is 5.97 Å². The molecule has 17 heavy (non-hydrogen) atoms. The minimum atomic E-state index is -0.477. The van der Waals surface area contributed by atoms with Gasteiger partial charge in [0.25, 0.3) is 0 Å². The van der Waals surface area contributed by atoms with Gasteiger partial charge in [-0.05, 0) is 39.8 Å². The summed E-state index contributed by atoms with van der Waals surface area (Å²) in [6, 6.07) is 3.92. The summed E-state index contributed by atoms with van der Waals surface area (Å²) in [6.07, 6.45) is 0. The van der Waals surface area contributed by atoms with E-state index < -0.39 is 5.60 Å². The molecule has 0 aliphatic heterocycles. The smallest absolute Gasteiger partial charge is 0.341 e. The standard InChI is InChI=1S/C13H15NO2S/c1-8-5-6-10-11(14-8)9(7-17-10)12(15)16-13(2,3)4/h5-7H,1-4H3. The van der Waals surface area contributed by atoms with E-state index in [0.29, 0.717) is 5.56 Å². The van der Waals surface area contributed by atoms with Gasteiger partial charge in [0, 0.05) is 11.1 Å². The third-order valence-electron chi connectivity index (χ3n) is 2.18. The molecule has 0 fully saturated rings. The molecule has 0 unspecified atom stereocenters. The van der Waals surface area contributed by atoms with Crippen LogP contribution in [0.4, 0.5) is 0 Å². The molecule has 4 heteroatoms. The van der Waals surface area contributed by atoms with Gasteiger partial charge in [0.15, 0.2) is 0 Å². The highest BCUT2D eigenvalue weighted by atomic mass is 32.1. The Morgan fingerprint density at radius 1 is 1.35 bits per heavy atom. The number of thiophene rings is 1. The third kappa shape index (κ3) is 2.64. The van der Waals surface area contributed by atoms with E-state index in [-0.39, 0.29) is 5.97 Å². The van der Waals surface area contributed by atoms with Gasteiger partial charge in [-0.2, -0.15) is 0 Å². The highest BCUT2D eigenvalue weighted by Crippen LogP contribution is 2.26. The van der Waals surface area contributed by atoms with Crippen molar-refractivity contribution in [3.63, 3.8) is 0 Å². The zero-order valence-electron chi connectivity index (χ0n) is 10.4. The third-order valence-corrected chi connectivity index (χ3v) is 3.11. The zero-order chi connectivity index (χ0) is 12.6. The van der Waals surface area contributed by atoms with E-state index in [1.165, 1.54) is 11.3 Å². The van der Waals surface area contributed by atoms with Crippen molar-refractivity contribution in [1.29, 1.82) is 0 Å². The molecular weight excluding hydrogens is 234 g/mol. The number of carbonyl (C=O) groups is 1. The van der Waals surface area contributed by atoms with Crippen LogP contribution < -0.4 is 0 Å². The number of nitrogens with zero attached hydrogens (tertiary/aromatic N) is 1. The van der Waals surface area contributed by atoms with Crippen LogP contribution in [0, 0.1) is 6.92 Å². The lowest BCUT2D eigenvalue weighted by Crippen LogP contribution is -2.23. The number of carbonyl (C=O) groups excluding carboxylic acids is 1. The van der Waals surface area contributed by atoms with Crippen LogP contribution >= 0.6 is 11.3 Å². The number of hydrogen-bond acceptors (Lipinski definition) is 4. The van der Waals surface area contributed by atoms with Crippen molar-refractivity contribution >= 4 is 27.5 Å². The Morgan fingerprint density at radius 3 is 2.71 bits per heavy atom. The predicted octanol–water partition coefficient (Wildman–Crippen LogP) is 3.56. The van der Waals surface area contributed by atoms with Crippen LogP contribution in [0.2, 0.25) is 0 Å². The Kier molecular flexibility index (Phi) is 2.91. The van der Waals surface area contributed by atoms with Crippen LogP contribution in [0.1, 0.15) is 36.8 Å². The number of ether oxygens (including phenoxy) is 1. The van der Waals surface area contributed by atoms with E-state index in [4.69, 9.17) is 4.74 Å². The Morgan fingerprint density at radius 2 is 2.06 bits per heavy atom. The molecule has 0 aliphatic carbocycles. The Hall–Kier alpha value is -1.42. The Bertz CT molecular complexity index is 566. The maximum Gasteiger partial charge on any atom is 0.341 e. The summed E-state index contributed by atoms with van der Waals surface area (Å²) in [4.78, 5) is 16.4. The van der Waals surface area contributed by atoms with Crippen molar-refractivity contribution in [3.8, 4) is 0 Å². The van der Waals surface area contributed by atoms with Crippen LogP contribution in [0.3, 0.4) is 0 Å². The van der Waals surface area contributed by atoms with Gasteiger partial charge in [0.05, 0.1) is 15.8 Å². The topological polar surface area (TPSA) is 39.2 Å². The molecule has 0 radical (unpaired) electrons. The summed E-state index contributed by atoms with van der Waals surface area (Å²) in [5, 5.41) is 1.81. The zero-order valence-corrected chi connectivity index (χ0v) is 11.2. The molecule has 0 N–H and O–H groups in total. The number of aryl methyl sites for hydroxylation is 1. The van der Waals surface area contributed by atoms with Crippen molar-refractivity contribution in [2.75, 3.05) is 0 Å². The van der Waals surface area contributed by atoms with Gasteiger partial charge in [0.1, 0.15) is 5.60 Å². The first-order valence-electron chi connectivity index (χ1n) is 5.45. The van der Waals surface area contributed by atoms with Crippen molar-refractivity contribution in [3.05, 3.63) is 28.8 Å². The van der Waals surface area contributed by atoms with Crippen LogP contribution in [-0.2, 0) is 4.74 Å². The van der Waals surface area contributed by atoms with E-state index in [9.17, 15) is 4.79 Å². The number of pyridine rings is 1. The van der Waals surface area contributed by atoms with Gasteiger partial charge in [0.2, 0.25) is 0 Å². The number of rotatable bonds is 1. The summed E-state index contributed by atoms with van der Waals surface area (Å²) in [5.74, 6) is -0.304. The van der Waals surface area contributed by atoms with E-state index in [2.05, 4.69) is 4.98 Å². The molecule has 0 saturated heterocycles. The molecule has 0 aromatic carbocycles. The van der Waals surface area contributed by atoms with E-state index in [0.717, 1.165) is 15.9 Å². The summed E-state index contributed by atoms with van der Waals surface area (Å²) in [5.41, 5.74) is 1.73. The average Bonchev–Trinajstić information content (AvgIpc) is 2.57. The van der Waals surface area contributed by atoms with Crippen molar-refractivity contribution in [2.45, 2.75) is 33.3 Å². The molecule has 0 atom stereocenters. The normalized spacial score (nSPS) is 11.8. The molecular formula is C13H15NO2S. The summed E-state index contributed by atoms with van der Waals surface area (Å²) in [7, 11) is 0. The van der Waals surface area contributed by atoms with Crippen LogP contribution in [0.25, 0.3) is 10.2 Å². The molecule has 2 aromatic rings. The maximum atomic E-state index is 12.0. The van der Waals surface area contributed by atoms with Crippen molar-refractivity contribution < 1.29 is 9.53 Å². The molecule has 3 nitrogen and oxygen atoms in total. The molecule has 2 heterocycles. The van der Waals surface area contributed by atoms with Crippen molar-refractivity contribution in [2.24, 2.45) is 0 Å². The second kappa shape index (κ2) is 4.11. The molecule has 0 spiro atoms. The minimum absolute atomic E-state index is 0.304. The Balaban J connectivity index is 2.42. The SMILES string of the molecule is Cc1ccc2scc(C(=O)OC(C)(C)C)c2n1. The quantitative estimate of drug-likeness (QED) is 0.725. The monoisotopic (exact) mass is 249 g/mol. The summed E-state index contributed by atoms with van der Waals surface area (Å²) in [6.45, 7) is 7.49. The lowest BCUT2D eigenvalue weighted by molar-refractivity contribution is 0.00722. The van der Waals surface area contributed by atoms with Gasteiger partial charge in [-0.15, -0.1) is 11.3 Å². The molecule has 2 aromatic heterocycles. The first kappa shape index (κ1) is 12.0. The fourth-order valence-corrected chi connectivity index (χ4v) is 2.35. The summed E-state index contributed by atoms with van der Waals surface area (Å²) < 4.78 is 6.37. The molecule has 0 saturated carbocycles. The number of hydrogen-bond donors (Lipinski definition) is 0. The molecule has 0 amide bonds. The molecule has 0 bridgehead atoms. The lowest BCUT2D eigenvalue weighted by atomic mass is 10.2. The number of fused-ring (bicyclic) bond motifs is 1. The second-order valence-corrected chi connectivity index (χ2v) is 5.86. The predicted molar refractivity (Wildman–Crippen MR) is 69.5 cm³/mol. The van der Waals surface area contributed by atoms with Gasteiger partial charge in [-0.3, -0.25) is 4.98 Å². The van der Waals surface area contributed by atoms with E-state index in [1.54, 1.807) is 0 Å². The molecule has 0 aliphatic rings. The van der Waals surface area contributed by atoms with Gasteiger partial charge in [-0.25, -0.2) is 4.79 Å². The maximum absolute atomic E-state index is 12.0. The van der Waals surface area contributed by atoms with E-state index in [1.807, 2.05) is 45.2 Å². The first-order valence-corrected chi connectivity index (χ1v) is 6.33. The highest BCUT2D eigenvalue weighted by Gasteiger charge is 2.21. The Labute approximate surface area is 104 Å². The van der Waals surface area contributed by atoms with E-state index >= 15 is 0 Å². The molecule has 90 valence electrons. The first-order chi connectivity index (χ1) is 7.87. The fraction of sp³-hybridized carbons (Fsp3) is 0.385. The highest BCUT2D eigenvalue weighted by molar-refractivity contribution is 7.17. The molecule has 2 rings (SSSR count). The van der Waals surface area contributed by atoms with Crippen LogP contribution in [-0.4, -0.2) is 16.6 Å². The fourth-order valence-electron chi connectivity index (χ4n) is 1.49. The van der Waals surface area contributed by atoms with Crippen LogP contribution in [0.5, 0.6) is 0 Å². The minimum Gasteiger partial charge on any atom is -0.456 e. The van der Waals surface area contributed by atoms with Gasteiger partial charge in [-0.1, -0.05) is 0 Å². The second-order valence-electron chi connectivity index (χ2n) is 4.95. The number of esters is 1. The average molecular weight is 249 g/mol. The largest absolute Gasteiger partial charge is 0.456 e. The number of aromatic nitrogens is 1. The van der Waals surface area contributed by atoms with Crippen molar-refractivity contribution in [1.82, 2.24) is 4.98 Å². The van der Waals surface area contributed by atoms with Crippen LogP contribution in [0.15, 0.2) is 17.5 Å². The summed E-state index contributed by atoms with van der Waals surface area (Å²) >= 11 is 1.51. The van der Waals surface area contributed by atoms with Gasteiger partial charge < -0.3 is 4.74 Å². The lowest BCUT2D eigenvalue weighted by Gasteiger charge is -2.19.